The quantitative estimate of drug-likeness (QED) is 0.420. The zero-order chi connectivity index (χ0) is 23.5. The standard InChI is InChI=1S/C26H20N4O4/c27-13-14-30-23(28-22-12-6-5-11-21(22)26(30)32)15-33-24(31)16-34-29-25-19-9-3-1-7-17(19)18-8-2-4-10-20(18)25/h1-12,17,19H,14-16H2/b29-25+. The minimum Gasteiger partial charge on any atom is -0.455 e. The van der Waals surface area contributed by atoms with Gasteiger partial charge in [-0.2, -0.15) is 5.26 Å². The van der Waals surface area contributed by atoms with Gasteiger partial charge in [0.1, 0.15) is 13.2 Å². The van der Waals surface area contributed by atoms with E-state index in [0.29, 0.717) is 10.9 Å². The number of nitrogens with zero attached hydrogens (tertiary/aromatic N) is 4. The summed E-state index contributed by atoms with van der Waals surface area (Å²) in [6.07, 6.45) is 8.21. The number of carbonyl (C=O) groups excluding carboxylic acids is 1. The highest BCUT2D eigenvalue weighted by atomic mass is 16.7. The van der Waals surface area contributed by atoms with E-state index < -0.39 is 12.6 Å². The molecule has 0 amide bonds. The maximum Gasteiger partial charge on any atom is 0.347 e. The first kappa shape index (κ1) is 21.3. The van der Waals surface area contributed by atoms with E-state index in [1.165, 1.54) is 10.1 Å². The van der Waals surface area contributed by atoms with E-state index in [-0.39, 0.29) is 36.4 Å². The smallest absolute Gasteiger partial charge is 0.347 e. The number of carbonyl (C=O) groups is 1. The number of esters is 1. The van der Waals surface area contributed by atoms with Crippen LogP contribution in [0.4, 0.5) is 0 Å². The van der Waals surface area contributed by atoms with Crippen molar-refractivity contribution in [1.29, 1.82) is 5.26 Å². The minimum atomic E-state index is -0.655. The lowest BCUT2D eigenvalue weighted by Crippen LogP contribution is -2.26. The van der Waals surface area contributed by atoms with E-state index in [9.17, 15) is 9.59 Å². The maximum absolute atomic E-state index is 12.7. The van der Waals surface area contributed by atoms with Gasteiger partial charge < -0.3 is 9.57 Å². The second-order valence-corrected chi connectivity index (χ2v) is 7.91. The number of para-hydroxylation sites is 1. The van der Waals surface area contributed by atoms with Gasteiger partial charge in [-0.05, 0) is 17.7 Å². The van der Waals surface area contributed by atoms with Crippen LogP contribution in [0.15, 0.2) is 82.8 Å². The number of nitriles is 1. The number of hydrogen-bond acceptors (Lipinski definition) is 7. The summed E-state index contributed by atoms with van der Waals surface area (Å²) in [5, 5.41) is 13.8. The van der Waals surface area contributed by atoms with E-state index in [1.54, 1.807) is 24.3 Å². The summed E-state index contributed by atoms with van der Waals surface area (Å²) in [5.74, 6) is -0.208. The molecule has 2 atom stereocenters. The molecule has 0 saturated heterocycles. The largest absolute Gasteiger partial charge is 0.455 e. The number of hydrogen-bond donors (Lipinski definition) is 0. The van der Waals surface area contributed by atoms with Crippen molar-refractivity contribution in [3.8, 4) is 6.07 Å². The molecule has 0 spiro atoms. The number of rotatable bonds is 6. The fraction of sp³-hybridized carbons (Fsp3) is 0.192. The molecule has 0 saturated carbocycles. The van der Waals surface area contributed by atoms with Gasteiger partial charge in [0.05, 0.1) is 22.7 Å². The third-order valence-electron chi connectivity index (χ3n) is 5.92. The van der Waals surface area contributed by atoms with Crippen LogP contribution in [0.3, 0.4) is 0 Å². The number of allylic oxidation sites excluding steroid dienone is 4. The number of oxime groups is 1. The van der Waals surface area contributed by atoms with Gasteiger partial charge in [0.15, 0.2) is 5.82 Å². The van der Waals surface area contributed by atoms with Crippen molar-refractivity contribution < 1.29 is 14.4 Å². The number of fused-ring (bicyclic) bond motifs is 4. The topological polar surface area (TPSA) is 107 Å². The van der Waals surface area contributed by atoms with Crippen LogP contribution in [0.25, 0.3) is 10.9 Å². The van der Waals surface area contributed by atoms with Crippen LogP contribution in [0, 0.1) is 17.2 Å². The molecule has 34 heavy (non-hydrogen) atoms. The molecule has 168 valence electrons. The molecule has 8 nitrogen and oxygen atoms in total. The van der Waals surface area contributed by atoms with Crippen molar-refractivity contribution in [2.45, 2.75) is 19.1 Å². The second kappa shape index (κ2) is 9.16. The summed E-state index contributed by atoms with van der Waals surface area (Å²) in [7, 11) is 0. The molecule has 0 radical (unpaired) electrons. The van der Waals surface area contributed by atoms with Crippen LogP contribution in [-0.4, -0.2) is 27.8 Å². The zero-order valence-corrected chi connectivity index (χ0v) is 18.1. The van der Waals surface area contributed by atoms with E-state index in [0.717, 1.165) is 11.3 Å². The normalized spacial score (nSPS) is 19.0. The first-order valence-corrected chi connectivity index (χ1v) is 10.8. The molecule has 2 aliphatic rings. The van der Waals surface area contributed by atoms with Crippen LogP contribution in [-0.2, 0) is 27.5 Å². The average molecular weight is 452 g/mol. The lowest BCUT2D eigenvalue weighted by molar-refractivity contribution is -0.150. The Bertz CT molecular complexity index is 1460. The minimum absolute atomic E-state index is 0.0561. The van der Waals surface area contributed by atoms with Gasteiger partial charge in [0, 0.05) is 17.4 Å². The number of ether oxygens (including phenoxy) is 1. The predicted molar refractivity (Wildman–Crippen MR) is 125 cm³/mol. The molecular formula is C26H20N4O4. The highest BCUT2D eigenvalue weighted by Crippen LogP contribution is 2.41. The molecule has 2 aliphatic carbocycles. The van der Waals surface area contributed by atoms with Crippen molar-refractivity contribution >= 4 is 22.6 Å². The second-order valence-electron chi connectivity index (χ2n) is 7.91. The summed E-state index contributed by atoms with van der Waals surface area (Å²) >= 11 is 0. The van der Waals surface area contributed by atoms with Gasteiger partial charge in [-0.3, -0.25) is 9.36 Å². The Morgan fingerprint density at radius 3 is 2.71 bits per heavy atom. The van der Waals surface area contributed by atoms with Gasteiger partial charge in [0.25, 0.3) is 5.56 Å². The Morgan fingerprint density at radius 2 is 1.85 bits per heavy atom. The Morgan fingerprint density at radius 1 is 1.09 bits per heavy atom. The molecule has 2 aromatic carbocycles. The first-order valence-electron chi connectivity index (χ1n) is 10.8. The van der Waals surface area contributed by atoms with Gasteiger partial charge in [0.2, 0.25) is 6.61 Å². The molecule has 3 aromatic rings. The van der Waals surface area contributed by atoms with Crippen LogP contribution >= 0.6 is 0 Å². The van der Waals surface area contributed by atoms with Crippen LogP contribution in [0.1, 0.15) is 22.9 Å². The van der Waals surface area contributed by atoms with Gasteiger partial charge in [-0.1, -0.05) is 65.9 Å². The third kappa shape index (κ3) is 3.88. The van der Waals surface area contributed by atoms with Gasteiger partial charge in [-0.15, -0.1) is 0 Å². The molecule has 0 bridgehead atoms. The highest BCUT2D eigenvalue weighted by Gasteiger charge is 2.36. The SMILES string of the molecule is N#CCn1c(COC(=O)CO/N=C2/c3ccccc3C3C=CC=CC23)nc2ccccc2c1=O. The van der Waals surface area contributed by atoms with E-state index in [4.69, 9.17) is 14.8 Å². The van der Waals surface area contributed by atoms with Gasteiger partial charge >= 0.3 is 5.97 Å². The molecular weight excluding hydrogens is 432 g/mol. The highest BCUT2D eigenvalue weighted by molar-refractivity contribution is 6.08. The van der Waals surface area contributed by atoms with Crippen molar-refractivity contribution in [2.75, 3.05) is 6.61 Å². The molecule has 1 aromatic heterocycles. The first-order chi connectivity index (χ1) is 16.7. The van der Waals surface area contributed by atoms with Crippen molar-refractivity contribution in [1.82, 2.24) is 9.55 Å². The van der Waals surface area contributed by atoms with E-state index >= 15 is 0 Å². The van der Waals surface area contributed by atoms with Crippen LogP contribution in [0.2, 0.25) is 0 Å². The molecule has 2 unspecified atom stereocenters. The predicted octanol–water partition coefficient (Wildman–Crippen LogP) is 3.22. The Balaban J connectivity index is 1.28. The van der Waals surface area contributed by atoms with Crippen molar-refractivity contribution in [3.05, 3.63) is 100 Å². The maximum atomic E-state index is 12.7. The Kier molecular flexibility index (Phi) is 5.75. The Hall–Kier alpha value is -4.51. The molecule has 1 heterocycles. The van der Waals surface area contributed by atoms with E-state index in [2.05, 4.69) is 28.4 Å². The third-order valence-corrected chi connectivity index (χ3v) is 5.92. The number of benzene rings is 2. The summed E-state index contributed by atoms with van der Waals surface area (Å²) in [6.45, 7) is -0.849. The average Bonchev–Trinajstić information content (AvgIpc) is 3.19. The monoisotopic (exact) mass is 452 g/mol. The van der Waals surface area contributed by atoms with Crippen LogP contribution < -0.4 is 5.56 Å². The zero-order valence-electron chi connectivity index (χ0n) is 18.1. The summed E-state index contributed by atoms with van der Waals surface area (Å²) in [4.78, 5) is 34.8. The summed E-state index contributed by atoms with van der Waals surface area (Å²) in [5.41, 5.74) is 3.07. The molecule has 0 N–H and O–H groups in total. The fourth-order valence-corrected chi connectivity index (χ4v) is 4.38. The fourth-order valence-electron chi connectivity index (χ4n) is 4.38. The van der Waals surface area contributed by atoms with Crippen molar-refractivity contribution in [3.63, 3.8) is 0 Å². The molecule has 5 rings (SSSR count). The summed E-state index contributed by atoms with van der Waals surface area (Å²) < 4.78 is 6.47. The molecule has 8 heteroatoms. The Labute approximate surface area is 195 Å². The van der Waals surface area contributed by atoms with Crippen molar-refractivity contribution in [2.24, 2.45) is 11.1 Å². The lowest BCUT2D eigenvalue weighted by Gasteiger charge is -2.16. The number of aromatic nitrogens is 2. The van der Waals surface area contributed by atoms with E-state index in [1.807, 2.05) is 36.4 Å². The molecule has 0 fully saturated rings. The summed E-state index contributed by atoms with van der Waals surface area (Å²) in [6, 6.07) is 16.8. The lowest BCUT2D eigenvalue weighted by atomic mass is 9.88. The van der Waals surface area contributed by atoms with Crippen LogP contribution in [0.5, 0.6) is 0 Å². The van der Waals surface area contributed by atoms with Gasteiger partial charge in [-0.25, -0.2) is 9.78 Å². The molecule has 0 aliphatic heterocycles.